The van der Waals surface area contributed by atoms with Gasteiger partial charge in [0.15, 0.2) is 0 Å². The van der Waals surface area contributed by atoms with Gasteiger partial charge in [-0.25, -0.2) is 0 Å². The first-order chi connectivity index (χ1) is 20.0. The highest BCUT2D eigenvalue weighted by atomic mass is 16.4. The van der Waals surface area contributed by atoms with Gasteiger partial charge in [0.2, 0.25) is 0 Å². The van der Waals surface area contributed by atoms with Crippen LogP contribution in [0.3, 0.4) is 0 Å². The maximum atomic E-state index is 11.7. The average molecular weight is 588 g/mol. The topological polar surface area (TPSA) is 134 Å². The highest BCUT2D eigenvalue weighted by Gasteiger charge is 2.37. The van der Waals surface area contributed by atoms with Crippen LogP contribution in [0, 0.1) is 11.8 Å². The molecule has 0 unspecified atom stereocenters. The second kappa shape index (κ2) is 15.4. The van der Waals surface area contributed by atoms with E-state index in [0.29, 0.717) is 30.8 Å². The summed E-state index contributed by atoms with van der Waals surface area (Å²) in [6.45, 7) is 5.44. The molecule has 8 heteroatoms. The maximum Gasteiger partial charge on any atom is 0.306 e. The van der Waals surface area contributed by atoms with E-state index in [0.717, 1.165) is 77.2 Å². The van der Waals surface area contributed by atoms with Crippen LogP contribution in [0.25, 0.3) is 0 Å². The molecule has 0 aromatic heterocycles. The van der Waals surface area contributed by atoms with Crippen molar-refractivity contribution in [3.8, 4) is 0 Å². The number of piperidine rings is 2. The molecule has 42 heavy (non-hydrogen) atoms. The number of hydrogen-bond donors (Lipinski definition) is 7. The monoisotopic (exact) mass is 587 g/mol. The van der Waals surface area contributed by atoms with E-state index < -0.39 is 11.6 Å². The van der Waals surface area contributed by atoms with Crippen molar-refractivity contribution in [2.24, 2.45) is 11.8 Å². The van der Waals surface area contributed by atoms with Gasteiger partial charge < -0.3 is 36.4 Å². The van der Waals surface area contributed by atoms with Crippen LogP contribution in [0.4, 0.5) is 0 Å². The van der Waals surface area contributed by atoms with Crippen LogP contribution >= 0.6 is 0 Å². The van der Waals surface area contributed by atoms with Crippen molar-refractivity contribution in [2.45, 2.75) is 139 Å². The molecular formula is C34H57N3O5. The molecule has 3 aliphatic heterocycles. The van der Waals surface area contributed by atoms with Crippen LogP contribution in [0.1, 0.15) is 102 Å². The van der Waals surface area contributed by atoms with Crippen LogP contribution in [0.2, 0.25) is 0 Å². The van der Waals surface area contributed by atoms with Gasteiger partial charge in [0.25, 0.3) is 0 Å². The SMILES string of the molecule is C[C@H]1N[C@H](CC[C@@H]2CCC[C@@H](CO)CC[C@@](O)(CC(=O)O)CN[C@@]3(C)CCN[C@@H](Cc4cccc(c4)C2)C3)CC[C@H]1O. The highest BCUT2D eigenvalue weighted by Crippen LogP contribution is 2.30. The molecule has 1 aromatic rings. The van der Waals surface area contributed by atoms with Gasteiger partial charge in [0.1, 0.15) is 0 Å². The predicted octanol–water partition coefficient (Wildman–Crippen LogP) is 3.55. The van der Waals surface area contributed by atoms with E-state index in [-0.39, 0.29) is 43.2 Å². The van der Waals surface area contributed by atoms with Gasteiger partial charge in [-0.1, -0.05) is 37.1 Å². The van der Waals surface area contributed by atoms with Crippen LogP contribution < -0.4 is 16.0 Å². The Labute approximate surface area is 253 Å². The molecule has 0 radical (unpaired) electrons. The van der Waals surface area contributed by atoms with Gasteiger partial charge in [-0.2, -0.15) is 0 Å². The molecule has 3 aliphatic rings. The number of nitrogens with one attached hydrogen (secondary N) is 3. The molecule has 8 nitrogen and oxygen atoms in total. The molecule has 2 saturated heterocycles. The fraction of sp³-hybridized carbons (Fsp3) is 0.794. The van der Waals surface area contributed by atoms with Crippen molar-refractivity contribution in [1.29, 1.82) is 0 Å². The van der Waals surface area contributed by atoms with Crippen molar-refractivity contribution in [3.05, 3.63) is 35.4 Å². The van der Waals surface area contributed by atoms with E-state index in [1.54, 1.807) is 0 Å². The molecule has 2 fully saturated rings. The molecule has 4 bridgehead atoms. The number of carboxylic acid groups (broad SMARTS) is 1. The summed E-state index contributed by atoms with van der Waals surface area (Å²) in [5, 5.41) is 52.3. The number of fused-ring (bicyclic) bond motifs is 4. The Morgan fingerprint density at radius 3 is 2.52 bits per heavy atom. The number of hydrogen-bond acceptors (Lipinski definition) is 7. The summed E-state index contributed by atoms with van der Waals surface area (Å²) in [6.07, 6.45) is 11.3. The van der Waals surface area contributed by atoms with Crippen LogP contribution in [-0.2, 0) is 17.6 Å². The third-order valence-corrected chi connectivity index (χ3v) is 10.4. The van der Waals surface area contributed by atoms with Crippen molar-refractivity contribution in [2.75, 3.05) is 19.7 Å². The first-order valence-corrected chi connectivity index (χ1v) is 16.6. The standard InChI is InChI=1S/C34H57N3O5/c1-24-31(39)12-11-29(37-24)10-9-25-5-3-6-26(22-38)13-14-34(42,21-32(40)41)23-36-33(2)15-16-35-30(20-33)19-28-8-4-7-27(17-25)18-28/h4,7-8,18,24-26,29-31,35-39,42H,3,5-6,9-17,19-23H2,1-2H3,(H,40,41)/t24-,25+,26-,29-,30+,31-,33+,34-/m1/s1. The molecule has 0 amide bonds. The molecule has 8 atom stereocenters. The largest absolute Gasteiger partial charge is 0.481 e. The zero-order valence-corrected chi connectivity index (χ0v) is 26.0. The Morgan fingerprint density at radius 1 is 1.02 bits per heavy atom. The number of rotatable bonds is 6. The molecule has 238 valence electrons. The lowest BCUT2D eigenvalue weighted by Gasteiger charge is -2.42. The molecule has 0 aliphatic carbocycles. The fourth-order valence-corrected chi connectivity index (χ4v) is 7.67. The summed E-state index contributed by atoms with van der Waals surface area (Å²) >= 11 is 0. The molecule has 7 N–H and O–H groups in total. The Morgan fingerprint density at radius 2 is 1.79 bits per heavy atom. The molecule has 0 spiro atoms. The number of aliphatic hydroxyl groups excluding tert-OH is 2. The zero-order chi connectivity index (χ0) is 30.2. The summed E-state index contributed by atoms with van der Waals surface area (Å²) in [6, 6.07) is 9.97. The lowest BCUT2D eigenvalue weighted by molar-refractivity contribution is -0.143. The van der Waals surface area contributed by atoms with E-state index in [1.807, 2.05) is 0 Å². The van der Waals surface area contributed by atoms with Crippen LogP contribution in [0.5, 0.6) is 0 Å². The minimum Gasteiger partial charge on any atom is -0.481 e. The van der Waals surface area contributed by atoms with Crippen molar-refractivity contribution in [3.63, 3.8) is 0 Å². The van der Waals surface area contributed by atoms with E-state index in [2.05, 4.69) is 54.1 Å². The lowest BCUT2D eigenvalue weighted by Crippen LogP contribution is -2.58. The number of β-amino-alcohol motifs (C(OH)–C–C–N with tert-alkyl or cyclic N) is 1. The summed E-state index contributed by atoms with van der Waals surface area (Å²) in [5.74, 6) is -0.407. The van der Waals surface area contributed by atoms with Gasteiger partial charge in [-0.15, -0.1) is 0 Å². The molecule has 1 aromatic carbocycles. The van der Waals surface area contributed by atoms with E-state index in [4.69, 9.17) is 0 Å². The summed E-state index contributed by atoms with van der Waals surface area (Å²) in [4.78, 5) is 11.7. The summed E-state index contributed by atoms with van der Waals surface area (Å²) in [7, 11) is 0. The Bertz CT molecular complexity index is 994. The van der Waals surface area contributed by atoms with Crippen molar-refractivity contribution in [1.82, 2.24) is 16.0 Å². The number of aliphatic hydroxyl groups is 3. The van der Waals surface area contributed by atoms with Gasteiger partial charge in [0.05, 0.1) is 18.1 Å². The zero-order valence-electron chi connectivity index (χ0n) is 26.0. The molecule has 4 rings (SSSR count). The number of carboxylic acids is 1. The minimum atomic E-state index is -1.34. The summed E-state index contributed by atoms with van der Waals surface area (Å²) in [5.41, 5.74) is 1.21. The fourth-order valence-electron chi connectivity index (χ4n) is 7.67. The van der Waals surface area contributed by atoms with Crippen molar-refractivity contribution < 1.29 is 25.2 Å². The van der Waals surface area contributed by atoms with E-state index >= 15 is 0 Å². The number of carbonyl (C=O) groups is 1. The maximum absolute atomic E-state index is 11.7. The quantitative estimate of drug-likeness (QED) is 0.269. The van der Waals surface area contributed by atoms with E-state index in [1.165, 1.54) is 11.1 Å². The number of aliphatic carboxylic acids is 1. The van der Waals surface area contributed by atoms with Gasteiger partial charge in [-0.05, 0) is 114 Å². The van der Waals surface area contributed by atoms with Crippen LogP contribution in [0.15, 0.2) is 24.3 Å². The third kappa shape index (κ3) is 10.3. The van der Waals surface area contributed by atoms with E-state index in [9.17, 15) is 25.2 Å². The van der Waals surface area contributed by atoms with Gasteiger partial charge >= 0.3 is 5.97 Å². The normalized spacial score (nSPS) is 37.4. The molecular weight excluding hydrogens is 530 g/mol. The first kappa shape index (κ1) is 33.3. The summed E-state index contributed by atoms with van der Waals surface area (Å²) < 4.78 is 0. The smallest absolute Gasteiger partial charge is 0.306 e. The lowest BCUT2D eigenvalue weighted by atomic mass is 9.81. The minimum absolute atomic E-state index is 0.0503. The molecule has 3 heterocycles. The second-order valence-electron chi connectivity index (χ2n) is 14.3. The van der Waals surface area contributed by atoms with Gasteiger partial charge in [-0.3, -0.25) is 4.79 Å². The van der Waals surface area contributed by atoms with Gasteiger partial charge in [0, 0.05) is 36.8 Å². The Hall–Kier alpha value is -1.55. The number of benzene rings is 1. The van der Waals surface area contributed by atoms with Crippen molar-refractivity contribution >= 4 is 5.97 Å². The third-order valence-electron chi connectivity index (χ3n) is 10.4. The first-order valence-electron chi connectivity index (χ1n) is 16.6. The second-order valence-corrected chi connectivity index (χ2v) is 14.3. The molecule has 0 saturated carbocycles. The predicted molar refractivity (Wildman–Crippen MR) is 166 cm³/mol. The average Bonchev–Trinajstić information content (AvgIpc) is 2.94. The highest BCUT2D eigenvalue weighted by molar-refractivity contribution is 5.68. The van der Waals surface area contributed by atoms with Crippen LogP contribution in [-0.4, -0.2) is 81.5 Å². The Kier molecular flexibility index (Phi) is 12.3. The Balaban J connectivity index is 1.50.